The molecular formula is C8H7N2O4. The molecule has 0 saturated heterocycles. The second-order valence-corrected chi connectivity index (χ2v) is 2.59. The summed E-state index contributed by atoms with van der Waals surface area (Å²) < 4.78 is 0. The van der Waals surface area contributed by atoms with Crippen LogP contribution in [0.5, 0.6) is 0 Å². The van der Waals surface area contributed by atoms with E-state index in [2.05, 4.69) is 0 Å². The fourth-order valence-corrected chi connectivity index (χ4v) is 0.974. The van der Waals surface area contributed by atoms with Crippen LogP contribution in [0.3, 0.4) is 0 Å². The van der Waals surface area contributed by atoms with Crippen LogP contribution < -0.4 is 0 Å². The molecule has 0 amide bonds. The van der Waals surface area contributed by atoms with Crippen LogP contribution in [0, 0.1) is 26.4 Å². The van der Waals surface area contributed by atoms with E-state index >= 15 is 0 Å². The van der Waals surface area contributed by atoms with Crippen LogP contribution in [-0.4, -0.2) is 9.85 Å². The Balaban J connectivity index is 2.75. The number of benzene rings is 1. The van der Waals surface area contributed by atoms with Crippen molar-refractivity contribution in [1.82, 2.24) is 0 Å². The van der Waals surface area contributed by atoms with E-state index in [0.717, 1.165) is 0 Å². The predicted octanol–water partition coefficient (Wildman–Crippen LogP) is 1.27. The van der Waals surface area contributed by atoms with Gasteiger partial charge < -0.3 is 0 Å². The van der Waals surface area contributed by atoms with Crippen LogP contribution in [-0.2, 0) is 6.42 Å². The van der Waals surface area contributed by atoms with E-state index in [1.807, 2.05) is 0 Å². The van der Waals surface area contributed by atoms with Crippen molar-refractivity contribution in [3.8, 4) is 0 Å². The first-order valence-electron chi connectivity index (χ1n) is 3.80. The molecule has 14 heavy (non-hydrogen) atoms. The van der Waals surface area contributed by atoms with Crippen LogP contribution in [0.15, 0.2) is 30.3 Å². The lowest BCUT2D eigenvalue weighted by Crippen LogP contribution is -2.21. The Hall–Kier alpha value is -1.98. The van der Waals surface area contributed by atoms with E-state index in [1.165, 1.54) is 0 Å². The van der Waals surface area contributed by atoms with Gasteiger partial charge in [0.05, 0.1) is 0 Å². The van der Waals surface area contributed by atoms with E-state index in [4.69, 9.17) is 0 Å². The lowest BCUT2D eigenvalue weighted by atomic mass is 10.1. The normalized spacial score (nSPS) is 10.1. The zero-order valence-corrected chi connectivity index (χ0v) is 7.12. The smallest absolute Gasteiger partial charge is 0.258 e. The molecule has 0 heterocycles. The molecule has 0 atom stereocenters. The lowest BCUT2D eigenvalue weighted by Gasteiger charge is -1.97. The van der Waals surface area contributed by atoms with Gasteiger partial charge in [-0.25, -0.2) is 0 Å². The summed E-state index contributed by atoms with van der Waals surface area (Å²) >= 11 is 0. The number of hydrogen-bond acceptors (Lipinski definition) is 4. The average Bonchev–Trinajstić information content (AvgIpc) is 2.15. The SMILES string of the molecule is O=[N+]([O-])[C](Cc1ccccc1)[N+](=O)[O-]. The second-order valence-electron chi connectivity index (χ2n) is 2.59. The van der Waals surface area contributed by atoms with Crippen molar-refractivity contribution in [3.05, 3.63) is 62.3 Å². The Labute approximate surface area is 79.5 Å². The monoisotopic (exact) mass is 195 g/mol. The van der Waals surface area contributed by atoms with Crippen LogP contribution in [0.1, 0.15) is 5.56 Å². The molecule has 1 aromatic carbocycles. The third kappa shape index (κ3) is 2.51. The van der Waals surface area contributed by atoms with Crippen molar-refractivity contribution in [2.75, 3.05) is 0 Å². The second kappa shape index (κ2) is 4.31. The summed E-state index contributed by atoms with van der Waals surface area (Å²) in [5, 5.41) is 20.5. The van der Waals surface area contributed by atoms with Crippen molar-refractivity contribution in [2.45, 2.75) is 6.42 Å². The lowest BCUT2D eigenvalue weighted by molar-refractivity contribution is -0.670. The standard InChI is InChI=1S/C8H7N2O4/c11-9(12)8(10(13)14)6-7-4-2-1-3-5-7/h1-5H,6H2. The minimum atomic E-state index is -0.965. The summed E-state index contributed by atoms with van der Waals surface area (Å²) in [7, 11) is 0. The average molecular weight is 195 g/mol. The van der Waals surface area contributed by atoms with E-state index in [9.17, 15) is 20.2 Å². The molecule has 1 aromatic rings. The van der Waals surface area contributed by atoms with E-state index in [1.54, 1.807) is 30.3 Å². The van der Waals surface area contributed by atoms with Gasteiger partial charge in [0.25, 0.3) is 0 Å². The van der Waals surface area contributed by atoms with Gasteiger partial charge in [0.2, 0.25) is 0 Å². The van der Waals surface area contributed by atoms with Crippen molar-refractivity contribution in [1.29, 1.82) is 0 Å². The molecule has 0 aliphatic rings. The van der Waals surface area contributed by atoms with Crippen molar-refractivity contribution in [2.24, 2.45) is 0 Å². The molecule has 0 fully saturated rings. The third-order valence-corrected chi connectivity index (χ3v) is 1.63. The number of hydrogen-bond donors (Lipinski definition) is 0. The summed E-state index contributed by atoms with van der Waals surface area (Å²) in [6.45, 7) is 0. The first kappa shape index (κ1) is 10.1. The van der Waals surface area contributed by atoms with Gasteiger partial charge in [0.1, 0.15) is 16.3 Å². The van der Waals surface area contributed by atoms with Gasteiger partial charge in [0, 0.05) is 0 Å². The Morgan fingerprint density at radius 1 is 1.07 bits per heavy atom. The van der Waals surface area contributed by atoms with E-state index in [-0.39, 0.29) is 6.42 Å². The maximum atomic E-state index is 10.3. The first-order chi connectivity index (χ1) is 6.61. The van der Waals surface area contributed by atoms with Crippen LogP contribution in [0.4, 0.5) is 0 Å². The highest BCUT2D eigenvalue weighted by molar-refractivity contribution is 5.16. The van der Waals surface area contributed by atoms with E-state index in [0.29, 0.717) is 5.56 Å². The van der Waals surface area contributed by atoms with Gasteiger partial charge in [-0.2, -0.15) is 0 Å². The van der Waals surface area contributed by atoms with Gasteiger partial charge in [-0.1, -0.05) is 30.3 Å². The van der Waals surface area contributed by atoms with Crippen molar-refractivity contribution < 1.29 is 9.85 Å². The van der Waals surface area contributed by atoms with Gasteiger partial charge >= 0.3 is 6.17 Å². The molecule has 0 aromatic heterocycles. The molecule has 0 unspecified atom stereocenters. The molecule has 1 radical (unpaired) electrons. The maximum absolute atomic E-state index is 10.3. The maximum Gasteiger partial charge on any atom is 0.598 e. The highest BCUT2D eigenvalue weighted by atomic mass is 16.7. The van der Waals surface area contributed by atoms with Crippen LogP contribution in [0.2, 0.25) is 0 Å². The molecule has 6 nitrogen and oxygen atoms in total. The molecule has 0 saturated carbocycles. The molecule has 0 bridgehead atoms. The highest BCUT2D eigenvalue weighted by Crippen LogP contribution is 2.11. The topological polar surface area (TPSA) is 86.3 Å². The predicted molar refractivity (Wildman–Crippen MR) is 47.4 cm³/mol. The van der Waals surface area contributed by atoms with Crippen LogP contribution in [0.25, 0.3) is 0 Å². The summed E-state index contributed by atoms with van der Waals surface area (Å²) in [4.78, 5) is 18.6. The van der Waals surface area contributed by atoms with Gasteiger partial charge in [-0.05, 0) is 5.56 Å². The molecule has 0 spiro atoms. The molecule has 73 valence electrons. The number of nitrogens with zero attached hydrogens (tertiary/aromatic N) is 2. The van der Waals surface area contributed by atoms with Gasteiger partial charge in [0.15, 0.2) is 0 Å². The van der Waals surface area contributed by atoms with E-state index < -0.39 is 16.0 Å². The van der Waals surface area contributed by atoms with Gasteiger partial charge in [-0.15, -0.1) is 0 Å². The summed E-state index contributed by atoms with van der Waals surface area (Å²) in [6, 6.07) is 8.29. The highest BCUT2D eigenvalue weighted by Gasteiger charge is 2.38. The zero-order valence-electron chi connectivity index (χ0n) is 7.12. The fourth-order valence-electron chi connectivity index (χ4n) is 0.974. The Kier molecular flexibility index (Phi) is 3.11. The third-order valence-electron chi connectivity index (χ3n) is 1.63. The largest absolute Gasteiger partial charge is 0.598 e. The minimum Gasteiger partial charge on any atom is -0.258 e. The molecule has 0 aliphatic carbocycles. The Bertz CT molecular complexity index is 324. The fraction of sp³-hybridized carbons (Fsp3) is 0.125. The number of rotatable bonds is 4. The molecular weight excluding hydrogens is 188 g/mol. The zero-order chi connectivity index (χ0) is 10.6. The summed E-state index contributed by atoms with van der Waals surface area (Å²) in [6.07, 6.45) is -1.17. The quantitative estimate of drug-likeness (QED) is 0.534. The Morgan fingerprint density at radius 3 is 2.00 bits per heavy atom. The van der Waals surface area contributed by atoms with Crippen molar-refractivity contribution in [3.63, 3.8) is 0 Å². The minimum absolute atomic E-state index is 0.263. The molecule has 0 aliphatic heterocycles. The molecule has 0 N–H and O–H groups in total. The van der Waals surface area contributed by atoms with Crippen molar-refractivity contribution >= 4 is 0 Å². The first-order valence-corrected chi connectivity index (χ1v) is 3.80. The molecule has 6 heteroatoms. The number of nitro groups is 2. The summed E-state index contributed by atoms with van der Waals surface area (Å²) in [5.74, 6) is 0. The van der Waals surface area contributed by atoms with Gasteiger partial charge in [-0.3, -0.25) is 20.2 Å². The molecule has 1 rings (SSSR count). The summed E-state index contributed by atoms with van der Waals surface area (Å²) in [5.41, 5.74) is 0.552. The van der Waals surface area contributed by atoms with Crippen LogP contribution >= 0.6 is 0 Å². The Morgan fingerprint density at radius 2 is 1.57 bits per heavy atom.